The number of aromatic nitrogens is 2. The number of allylic oxidation sites excluding steroid dienone is 2. The van der Waals surface area contributed by atoms with Crippen molar-refractivity contribution in [3.8, 4) is 0 Å². The number of aryl methyl sites for hydroxylation is 2. The first-order valence-corrected chi connectivity index (χ1v) is 10.3. The van der Waals surface area contributed by atoms with Crippen LogP contribution in [0.25, 0.3) is 0 Å². The average Bonchev–Trinajstić information content (AvgIpc) is 2.70. The Bertz CT molecular complexity index is 860. The predicted molar refractivity (Wildman–Crippen MR) is 110 cm³/mol. The van der Waals surface area contributed by atoms with Crippen LogP contribution in [0.5, 0.6) is 0 Å². The molecule has 28 heavy (non-hydrogen) atoms. The van der Waals surface area contributed by atoms with E-state index in [-0.39, 0.29) is 17.7 Å². The van der Waals surface area contributed by atoms with Gasteiger partial charge in [0.2, 0.25) is 5.91 Å². The largest absolute Gasteiger partial charge is 0.273 e. The number of hydrogen-bond acceptors (Lipinski definition) is 5. The summed E-state index contributed by atoms with van der Waals surface area (Å²) in [6, 6.07) is 9.25. The molecule has 0 radical (unpaired) electrons. The monoisotopic (exact) mass is 396 g/mol. The van der Waals surface area contributed by atoms with Crippen molar-refractivity contribution in [2.24, 2.45) is 5.92 Å². The van der Waals surface area contributed by atoms with Crippen LogP contribution < -0.4 is 10.9 Å². The molecule has 2 aromatic rings. The van der Waals surface area contributed by atoms with Crippen LogP contribution in [0.1, 0.15) is 46.6 Å². The zero-order chi connectivity index (χ0) is 19.9. The molecule has 0 spiro atoms. The van der Waals surface area contributed by atoms with Crippen molar-refractivity contribution in [2.75, 3.05) is 0 Å². The third-order valence-electron chi connectivity index (χ3n) is 4.48. The first-order chi connectivity index (χ1) is 13.5. The van der Waals surface area contributed by atoms with E-state index in [1.807, 2.05) is 38.1 Å². The molecule has 1 aliphatic carbocycles. The normalized spacial score (nSPS) is 15.9. The van der Waals surface area contributed by atoms with Gasteiger partial charge in [-0.1, -0.05) is 36.0 Å². The molecule has 1 aliphatic rings. The minimum Gasteiger partial charge on any atom is -0.273 e. The zero-order valence-corrected chi connectivity index (χ0v) is 16.9. The number of hydrogen-bond donors (Lipinski definition) is 2. The summed E-state index contributed by atoms with van der Waals surface area (Å²) in [5.41, 5.74) is 8.50. The summed E-state index contributed by atoms with van der Waals surface area (Å²) in [5, 5.41) is 0.750. The van der Waals surface area contributed by atoms with Crippen molar-refractivity contribution < 1.29 is 9.59 Å². The summed E-state index contributed by atoms with van der Waals surface area (Å²) < 4.78 is 0. The molecule has 0 aliphatic heterocycles. The molecule has 0 saturated heterocycles. The van der Waals surface area contributed by atoms with Gasteiger partial charge in [-0.25, -0.2) is 9.97 Å². The van der Waals surface area contributed by atoms with Crippen molar-refractivity contribution in [3.05, 3.63) is 65.0 Å². The van der Waals surface area contributed by atoms with Crippen LogP contribution in [-0.2, 0) is 10.5 Å². The Kier molecular flexibility index (Phi) is 6.81. The maximum atomic E-state index is 12.2. The van der Waals surface area contributed by atoms with E-state index in [0.717, 1.165) is 47.1 Å². The molecule has 1 atom stereocenters. The van der Waals surface area contributed by atoms with Gasteiger partial charge in [-0.2, -0.15) is 0 Å². The highest BCUT2D eigenvalue weighted by atomic mass is 32.2. The molecule has 7 heteroatoms. The molecule has 0 fully saturated rings. The molecule has 1 heterocycles. The number of benzene rings is 1. The Balaban J connectivity index is 1.49. The average molecular weight is 397 g/mol. The Morgan fingerprint density at radius 2 is 1.79 bits per heavy atom. The molecular weight excluding hydrogens is 372 g/mol. The third-order valence-corrected chi connectivity index (χ3v) is 5.40. The number of carbonyl (C=O) groups excluding carboxylic acids is 2. The fourth-order valence-corrected chi connectivity index (χ4v) is 3.89. The second-order valence-electron chi connectivity index (χ2n) is 6.84. The molecule has 2 N–H and O–H groups in total. The summed E-state index contributed by atoms with van der Waals surface area (Å²) >= 11 is 1.56. The molecular formula is C21H24N4O2S. The predicted octanol–water partition coefficient (Wildman–Crippen LogP) is 3.50. The lowest BCUT2D eigenvalue weighted by Gasteiger charge is -2.17. The van der Waals surface area contributed by atoms with Crippen LogP contribution in [0.2, 0.25) is 0 Å². The minimum absolute atomic E-state index is 0.0721. The van der Waals surface area contributed by atoms with Gasteiger partial charge < -0.3 is 0 Å². The summed E-state index contributed by atoms with van der Waals surface area (Å²) in [6.45, 7) is 3.91. The number of nitrogens with zero attached hydrogens (tertiary/aromatic N) is 2. The van der Waals surface area contributed by atoms with E-state index in [4.69, 9.17) is 0 Å². The Labute approximate surface area is 169 Å². The van der Waals surface area contributed by atoms with Crippen LogP contribution in [0.3, 0.4) is 0 Å². The smallest absolute Gasteiger partial charge is 0.269 e. The number of thioether (sulfide) groups is 1. The minimum atomic E-state index is -0.323. The summed E-state index contributed by atoms with van der Waals surface area (Å²) in [5.74, 6) is 0.185. The standard InChI is InChI=1S/C21H24N4O2S/c1-14-12-15(2)23-21(22-14)28-13-16-8-10-18(11-9-16)20(27)25-24-19(26)17-6-4-3-5-7-17/h3-4,8-12,17H,5-7,13H2,1-2H3,(H,24,26)(H,25,27). The van der Waals surface area contributed by atoms with Crippen LogP contribution in [0.15, 0.2) is 47.6 Å². The summed E-state index contributed by atoms with van der Waals surface area (Å²) in [6.07, 6.45) is 6.52. The Morgan fingerprint density at radius 3 is 2.43 bits per heavy atom. The van der Waals surface area contributed by atoms with Crippen molar-refractivity contribution >= 4 is 23.6 Å². The fraction of sp³-hybridized carbons (Fsp3) is 0.333. The van der Waals surface area contributed by atoms with Gasteiger partial charge in [-0.05, 0) is 56.9 Å². The van der Waals surface area contributed by atoms with E-state index >= 15 is 0 Å². The molecule has 1 unspecified atom stereocenters. The lowest BCUT2D eigenvalue weighted by molar-refractivity contribution is -0.126. The van der Waals surface area contributed by atoms with Gasteiger partial charge in [-0.15, -0.1) is 0 Å². The van der Waals surface area contributed by atoms with Gasteiger partial charge in [0.1, 0.15) is 0 Å². The summed E-state index contributed by atoms with van der Waals surface area (Å²) in [4.78, 5) is 33.1. The van der Waals surface area contributed by atoms with Crippen LogP contribution in [-0.4, -0.2) is 21.8 Å². The second-order valence-corrected chi connectivity index (χ2v) is 7.79. The highest BCUT2D eigenvalue weighted by Gasteiger charge is 2.19. The number of carbonyl (C=O) groups is 2. The van der Waals surface area contributed by atoms with E-state index in [0.29, 0.717) is 5.56 Å². The topological polar surface area (TPSA) is 84.0 Å². The number of rotatable bonds is 5. The number of amides is 2. The third kappa shape index (κ3) is 5.66. The Hall–Kier alpha value is -2.67. The van der Waals surface area contributed by atoms with E-state index in [2.05, 4.69) is 26.9 Å². The van der Waals surface area contributed by atoms with E-state index in [1.54, 1.807) is 23.9 Å². The van der Waals surface area contributed by atoms with Crippen molar-refractivity contribution in [2.45, 2.75) is 44.0 Å². The highest BCUT2D eigenvalue weighted by Crippen LogP contribution is 2.20. The van der Waals surface area contributed by atoms with E-state index in [9.17, 15) is 9.59 Å². The SMILES string of the molecule is Cc1cc(C)nc(SCc2ccc(C(=O)NNC(=O)C3CC=CCC3)cc2)n1. The Morgan fingerprint density at radius 1 is 1.07 bits per heavy atom. The summed E-state index contributed by atoms with van der Waals surface area (Å²) in [7, 11) is 0. The van der Waals surface area contributed by atoms with Gasteiger partial charge >= 0.3 is 0 Å². The number of hydrazine groups is 1. The lowest BCUT2D eigenvalue weighted by atomic mass is 9.94. The van der Waals surface area contributed by atoms with Crippen molar-refractivity contribution in [1.29, 1.82) is 0 Å². The first-order valence-electron chi connectivity index (χ1n) is 9.30. The van der Waals surface area contributed by atoms with Gasteiger partial charge in [0.15, 0.2) is 5.16 Å². The zero-order valence-electron chi connectivity index (χ0n) is 16.1. The molecule has 0 saturated carbocycles. The molecule has 6 nitrogen and oxygen atoms in total. The molecule has 2 amide bonds. The van der Waals surface area contributed by atoms with Crippen molar-refractivity contribution in [3.63, 3.8) is 0 Å². The molecule has 1 aromatic heterocycles. The molecule has 1 aromatic carbocycles. The van der Waals surface area contributed by atoms with Gasteiger partial charge in [0.05, 0.1) is 0 Å². The molecule has 0 bridgehead atoms. The van der Waals surface area contributed by atoms with Crippen LogP contribution in [0.4, 0.5) is 0 Å². The highest BCUT2D eigenvalue weighted by molar-refractivity contribution is 7.98. The van der Waals surface area contributed by atoms with Crippen LogP contribution >= 0.6 is 11.8 Å². The first kappa shape index (κ1) is 20.1. The second kappa shape index (κ2) is 9.50. The van der Waals surface area contributed by atoms with Gasteiger partial charge in [0, 0.05) is 28.6 Å². The van der Waals surface area contributed by atoms with E-state index in [1.165, 1.54) is 0 Å². The van der Waals surface area contributed by atoms with Crippen molar-refractivity contribution in [1.82, 2.24) is 20.8 Å². The fourth-order valence-electron chi connectivity index (χ4n) is 2.98. The maximum absolute atomic E-state index is 12.2. The lowest BCUT2D eigenvalue weighted by Crippen LogP contribution is -2.44. The molecule has 3 rings (SSSR count). The van der Waals surface area contributed by atoms with Gasteiger partial charge in [-0.3, -0.25) is 20.4 Å². The van der Waals surface area contributed by atoms with E-state index < -0.39 is 0 Å². The quantitative estimate of drug-likeness (QED) is 0.350. The maximum Gasteiger partial charge on any atom is 0.269 e. The molecule has 146 valence electrons. The number of nitrogens with one attached hydrogen (secondary N) is 2. The van der Waals surface area contributed by atoms with Gasteiger partial charge in [0.25, 0.3) is 5.91 Å². The van der Waals surface area contributed by atoms with Crippen LogP contribution in [0, 0.1) is 19.8 Å².